The van der Waals surface area contributed by atoms with Crippen LogP contribution in [0.4, 0.5) is 0 Å². The van der Waals surface area contributed by atoms with E-state index in [0.717, 1.165) is 6.42 Å². The molecule has 4 aromatic carbocycles. The predicted octanol–water partition coefficient (Wildman–Crippen LogP) is 13.1. The molecule has 2 unspecified atom stereocenters. The average molecular weight is 744 g/mol. The van der Waals surface area contributed by atoms with Crippen LogP contribution in [0.3, 0.4) is 0 Å². The molecule has 0 saturated carbocycles. The summed E-state index contributed by atoms with van der Waals surface area (Å²) in [7, 11) is 17.3. The van der Waals surface area contributed by atoms with Gasteiger partial charge in [-0.1, -0.05) is 0 Å². The Morgan fingerprint density at radius 2 is 1.37 bits per heavy atom. The number of allylic oxidation sites excluding steroid dienone is 2. The number of rotatable bonds is 7. The zero-order valence-corrected chi connectivity index (χ0v) is 34.1. The van der Waals surface area contributed by atoms with Crippen molar-refractivity contribution in [1.29, 1.82) is 0 Å². The molecule has 0 aromatic heterocycles. The first-order chi connectivity index (χ1) is 21.7. The van der Waals surface area contributed by atoms with Gasteiger partial charge in [0.2, 0.25) is 0 Å². The van der Waals surface area contributed by atoms with E-state index in [-0.39, 0.29) is 12.7 Å². The van der Waals surface area contributed by atoms with Crippen molar-refractivity contribution in [2.75, 3.05) is 0 Å². The molecule has 2 atom stereocenters. The molecule has 0 spiro atoms. The summed E-state index contributed by atoms with van der Waals surface area (Å²) in [5.74, 6) is -1.28. The van der Waals surface area contributed by atoms with E-state index in [4.69, 9.17) is 17.0 Å². The van der Waals surface area contributed by atoms with Crippen molar-refractivity contribution < 1.29 is 15.6 Å². The van der Waals surface area contributed by atoms with Crippen LogP contribution in [0.1, 0.15) is 89.1 Å². The van der Waals surface area contributed by atoms with Crippen LogP contribution in [0, 0.1) is 5.92 Å². The van der Waals surface area contributed by atoms with Crippen molar-refractivity contribution in [1.82, 2.24) is 0 Å². The molecule has 46 heavy (non-hydrogen) atoms. The minimum absolute atomic E-state index is 0.0880. The second-order valence-electron chi connectivity index (χ2n) is 15.4. The first kappa shape index (κ1) is 33.9. The van der Waals surface area contributed by atoms with Gasteiger partial charge in [-0.2, -0.15) is 0 Å². The number of hydrogen-bond acceptors (Lipinski definition) is 0. The van der Waals surface area contributed by atoms with Crippen molar-refractivity contribution >= 4 is 35.1 Å². The summed E-state index contributed by atoms with van der Waals surface area (Å²) >= 11 is -4.82. The third-order valence-corrected chi connectivity index (χ3v) is 62.9. The molecule has 0 heterocycles. The molecule has 2 aliphatic carbocycles. The Balaban J connectivity index is 1.58. The first-order valence-corrected chi connectivity index (χ1v) is 33.4. The summed E-state index contributed by atoms with van der Waals surface area (Å²) in [5, 5.41) is 0. The molecule has 4 aromatic rings. The molecule has 0 aliphatic heterocycles. The molecule has 2 aliphatic rings. The second-order valence-corrected chi connectivity index (χ2v) is 57.9. The third kappa shape index (κ3) is 5.44. The Morgan fingerprint density at radius 3 is 1.96 bits per heavy atom. The summed E-state index contributed by atoms with van der Waals surface area (Å²) in [5.41, 5.74) is 16.1. The first-order valence-electron chi connectivity index (χ1n) is 17.1. The monoisotopic (exact) mass is 741 g/mol. The Hall–Kier alpha value is -1.96. The molecule has 0 N–H and O–H groups in total. The van der Waals surface area contributed by atoms with E-state index in [9.17, 15) is 0 Å². The Labute approximate surface area is 286 Å². The van der Waals surface area contributed by atoms with E-state index in [2.05, 4.69) is 159 Å². The number of halogens is 2. The standard InChI is InChI=1S/C22H25.C18H17.C2H7Si.2ClH.Zr/c1-15(2)18-13-17-7-6-8-20(21(17)14-18)16-9-11-19(12-10-16)22(3,4)5;1-3-14-11-16-9-13(2)10-17(16)18(12-14)15-7-5-4-6-8-15;1-3-2;;;/h6-15H,1-5H3;4-12H,3H2,1-2H3;3H,1-2H3;2*1H;/q;;;;;+2/p-2. The van der Waals surface area contributed by atoms with Crippen molar-refractivity contribution in [3.8, 4) is 22.3 Å². The summed E-state index contributed by atoms with van der Waals surface area (Å²) in [6.45, 7) is 21.0. The van der Waals surface area contributed by atoms with E-state index in [1.54, 1.807) is 0 Å². The van der Waals surface area contributed by atoms with Crippen LogP contribution >= 0.6 is 17.0 Å². The van der Waals surface area contributed by atoms with Gasteiger partial charge in [0, 0.05) is 0 Å². The van der Waals surface area contributed by atoms with Gasteiger partial charge in [-0.25, -0.2) is 0 Å². The zero-order chi connectivity index (χ0) is 33.2. The van der Waals surface area contributed by atoms with Crippen molar-refractivity contribution in [3.63, 3.8) is 0 Å². The van der Waals surface area contributed by atoms with Crippen LogP contribution in [-0.2, 0) is 27.4 Å². The molecule has 0 fully saturated rings. The molecule has 239 valence electrons. The average Bonchev–Trinajstić information content (AvgIpc) is 3.59. The van der Waals surface area contributed by atoms with Crippen LogP contribution in [0.25, 0.3) is 34.4 Å². The number of benzene rings is 4. The molecule has 4 heteroatoms. The predicted molar refractivity (Wildman–Crippen MR) is 204 cm³/mol. The van der Waals surface area contributed by atoms with Gasteiger partial charge in [0.1, 0.15) is 0 Å². The maximum absolute atomic E-state index is 8.65. The molecule has 0 nitrogen and oxygen atoms in total. The minimum atomic E-state index is -4.82. The fourth-order valence-corrected chi connectivity index (χ4v) is 40.4. The van der Waals surface area contributed by atoms with Crippen LogP contribution < -0.4 is 0 Å². The van der Waals surface area contributed by atoms with Gasteiger partial charge >= 0.3 is 289 Å². The van der Waals surface area contributed by atoms with Crippen molar-refractivity contribution in [3.05, 3.63) is 129 Å². The van der Waals surface area contributed by atoms with E-state index in [1.807, 2.05) is 0 Å². The summed E-state index contributed by atoms with van der Waals surface area (Å²) < 4.78 is 0.179. The Bertz CT molecular complexity index is 1860. The van der Waals surface area contributed by atoms with E-state index < -0.39 is 21.5 Å². The summed E-state index contributed by atoms with van der Waals surface area (Å²) in [6.07, 6.45) is 5.89. The van der Waals surface area contributed by atoms with Crippen LogP contribution in [0.2, 0.25) is 13.1 Å². The Kier molecular flexibility index (Phi) is 8.98. The molecule has 6 rings (SSSR count). The Morgan fingerprint density at radius 1 is 0.739 bits per heavy atom. The molecular weight excluding hydrogens is 695 g/mol. The maximum atomic E-state index is 8.65. The number of aryl methyl sites for hydroxylation is 1. The fourth-order valence-electron chi connectivity index (χ4n) is 8.26. The van der Waals surface area contributed by atoms with Gasteiger partial charge in [-0.15, -0.1) is 0 Å². The second kappa shape index (κ2) is 12.2. The topological polar surface area (TPSA) is 0 Å². The fraction of sp³-hybridized carbons (Fsp3) is 0.333. The number of hydrogen-bond donors (Lipinski definition) is 0. The molecule has 0 bridgehead atoms. The van der Waals surface area contributed by atoms with Crippen molar-refractivity contribution in [2.24, 2.45) is 5.92 Å². The van der Waals surface area contributed by atoms with Crippen LogP contribution in [0.15, 0.2) is 96.1 Å². The molecule has 0 saturated heterocycles. The zero-order valence-electron chi connectivity index (χ0n) is 29.0. The van der Waals surface area contributed by atoms with Crippen molar-refractivity contribution in [2.45, 2.75) is 80.6 Å². The van der Waals surface area contributed by atoms with Crippen LogP contribution in [-0.4, -0.2) is 5.92 Å². The molecule has 0 amide bonds. The quantitative estimate of drug-likeness (QED) is 0.165. The molecule has 0 radical (unpaired) electrons. The van der Waals surface area contributed by atoms with Crippen LogP contribution in [0.5, 0.6) is 0 Å². The van der Waals surface area contributed by atoms with Gasteiger partial charge < -0.3 is 0 Å². The molecular formula is C42H49Cl2SiZr. The van der Waals surface area contributed by atoms with Gasteiger partial charge in [0.15, 0.2) is 0 Å². The SMILES string of the molecule is CCc1cc(-c2ccccc2)c2c(c1)[CH]([Zr]([Cl])([Cl])([CH]1C(C(C)C)=Cc3c(-c4ccc(C(C)(C)C)cc4)cccc31)[SiH](C)C)C(C)=C2. The van der Waals surface area contributed by atoms with Gasteiger partial charge in [-0.05, 0) is 0 Å². The van der Waals surface area contributed by atoms with E-state index in [0.29, 0.717) is 5.92 Å². The van der Waals surface area contributed by atoms with E-state index in [1.165, 1.54) is 66.8 Å². The summed E-state index contributed by atoms with van der Waals surface area (Å²) in [4.78, 5) is 0. The van der Waals surface area contributed by atoms with Gasteiger partial charge in [0.05, 0.1) is 0 Å². The normalized spacial score (nSPS) is 18.7. The van der Waals surface area contributed by atoms with E-state index >= 15 is 0 Å². The summed E-state index contributed by atoms with van der Waals surface area (Å²) in [6, 6.07) is 31.8. The van der Waals surface area contributed by atoms with Gasteiger partial charge in [0.25, 0.3) is 0 Å². The third-order valence-electron chi connectivity index (χ3n) is 10.9. The van der Waals surface area contributed by atoms with Gasteiger partial charge in [-0.3, -0.25) is 0 Å². The number of fused-ring (bicyclic) bond motifs is 2.